The lowest BCUT2D eigenvalue weighted by atomic mass is 10.2. The maximum atomic E-state index is 8.93. The molecule has 0 bridgehead atoms. The van der Waals surface area contributed by atoms with Crippen LogP contribution in [0.3, 0.4) is 0 Å². The Hall–Kier alpha value is -1.18. The predicted molar refractivity (Wildman–Crippen MR) is 55.1 cm³/mol. The van der Waals surface area contributed by atoms with E-state index >= 15 is 0 Å². The molecule has 13 heavy (non-hydrogen) atoms. The van der Waals surface area contributed by atoms with Gasteiger partial charge in [0.25, 0.3) is 0 Å². The van der Waals surface area contributed by atoms with Crippen molar-refractivity contribution in [2.75, 3.05) is 0 Å². The fraction of sp³-hybridized carbons (Fsp3) is 0.455. The molecule has 0 amide bonds. The number of benzene rings is 1. The maximum Gasteiger partial charge on any atom is 0.118 e. The molecule has 1 aromatic carbocycles. The van der Waals surface area contributed by atoms with Crippen LogP contribution in [0.25, 0.3) is 0 Å². The van der Waals surface area contributed by atoms with Crippen LogP contribution in [0.4, 0.5) is 0 Å². The van der Waals surface area contributed by atoms with Crippen molar-refractivity contribution in [1.82, 2.24) is 0 Å². The first kappa shape index (κ1) is 11.8. The number of hydrogen-bond donors (Lipinski definition) is 2. The molecule has 1 aromatic rings. The quantitative estimate of drug-likeness (QED) is 0.655. The van der Waals surface area contributed by atoms with Gasteiger partial charge in [0.05, 0.1) is 0 Å². The van der Waals surface area contributed by atoms with Gasteiger partial charge >= 0.3 is 0 Å². The smallest absolute Gasteiger partial charge is 0.118 e. The van der Waals surface area contributed by atoms with Crippen LogP contribution in [0.15, 0.2) is 18.2 Å². The van der Waals surface area contributed by atoms with Gasteiger partial charge in [-0.05, 0) is 30.7 Å². The monoisotopic (exact) mass is 182 g/mol. The molecule has 2 heteroatoms. The van der Waals surface area contributed by atoms with Gasteiger partial charge in [0.15, 0.2) is 0 Å². The Bertz CT molecular complexity index is 242. The summed E-state index contributed by atoms with van der Waals surface area (Å²) in [5.41, 5.74) is 0.690. The fourth-order valence-corrected chi connectivity index (χ4v) is 0.640. The summed E-state index contributed by atoms with van der Waals surface area (Å²) < 4.78 is 0. The zero-order chi connectivity index (χ0) is 10.3. The molecule has 2 nitrogen and oxygen atoms in total. The summed E-state index contributed by atoms with van der Waals surface area (Å²) in [6.45, 7) is 6.09. The van der Waals surface area contributed by atoms with Crippen molar-refractivity contribution in [2.24, 2.45) is 0 Å². The minimum absolute atomic E-state index is 0.185. The minimum Gasteiger partial charge on any atom is -0.508 e. The van der Waals surface area contributed by atoms with Gasteiger partial charge in [-0.25, -0.2) is 0 Å². The molecule has 0 spiro atoms. The summed E-state index contributed by atoms with van der Waals surface area (Å²) in [5.74, 6) is 0.401. The molecule has 0 fully saturated rings. The van der Waals surface area contributed by atoms with E-state index in [1.165, 1.54) is 31.0 Å². The van der Waals surface area contributed by atoms with Crippen molar-refractivity contribution in [3.63, 3.8) is 0 Å². The highest BCUT2D eigenvalue weighted by molar-refractivity contribution is 5.37. The van der Waals surface area contributed by atoms with Crippen LogP contribution in [0.1, 0.15) is 32.3 Å². The molecule has 0 unspecified atom stereocenters. The van der Waals surface area contributed by atoms with Crippen LogP contribution in [-0.4, -0.2) is 10.2 Å². The molecule has 74 valence electrons. The van der Waals surface area contributed by atoms with Gasteiger partial charge in [-0.3, -0.25) is 0 Å². The third kappa shape index (κ3) is 5.12. The van der Waals surface area contributed by atoms with E-state index in [9.17, 15) is 0 Å². The largest absolute Gasteiger partial charge is 0.508 e. The van der Waals surface area contributed by atoms with E-state index in [0.29, 0.717) is 5.56 Å². The number of rotatable bonds is 1. The van der Waals surface area contributed by atoms with Crippen LogP contribution in [0, 0.1) is 6.92 Å². The standard InChI is InChI=1S/C7H8O2.C4H10/c1-5-4-6(8)2-3-7(5)9;1-3-4-2/h2-4,8-9H,1H3;3-4H2,1-2H3. The first-order chi connectivity index (χ1) is 6.11. The number of aromatic hydroxyl groups is 2. The second-order valence-corrected chi connectivity index (χ2v) is 2.97. The Morgan fingerprint density at radius 1 is 1.08 bits per heavy atom. The molecule has 0 aliphatic heterocycles. The molecule has 0 aliphatic carbocycles. The van der Waals surface area contributed by atoms with Gasteiger partial charge in [0.2, 0.25) is 0 Å². The van der Waals surface area contributed by atoms with Crippen molar-refractivity contribution < 1.29 is 10.2 Å². The topological polar surface area (TPSA) is 40.5 Å². The van der Waals surface area contributed by atoms with E-state index in [-0.39, 0.29) is 11.5 Å². The number of phenols is 2. The Morgan fingerprint density at radius 2 is 1.62 bits per heavy atom. The van der Waals surface area contributed by atoms with Crippen molar-refractivity contribution >= 4 is 0 Å². The van der Waals surface area contributed by atoms with E-state index < -0.39 is 0 Å². The number of aryl methyl sites for hydroxylation is 1. The first-order valence-corrected chi connectivity index (χ1v) is 4.60. The van der Waals surface area contributed by atoms with Gasteiger partial charge in [0.1, 0.15) is 11.5 Å². The summed E-state index contributed by atoms with van der Waals surface area (Å²) in [5, 5.41) is 17.8. The highest BCUT2D eigenvalue weighted by atomic mass is 16.3. The van der Waals surface area contributed by atoms with E-state index in [1.807, 2.05) is 0 Å². The second kappa shape index (κ2) is 6.35. The Balaban J connectivity index is 0.000000310. The van der Waals surface area contributed by atoms with Crippen molar-refractivity contribution in [3.8, 4) is 11.5 Å². The average Bonchev–Trinajstić information content (AvgIpc) is 2.12. The molecule has 0 saturated heterocycles. The Kier molecular flexibility index (Phi) is 5.77. The summed E-state index contributed by atoms with van der Waals surface area (Å²) in [6.07, 6.45) is 2.64. The van der Waals surface area contributed by atoms with E-state index in [0.717, 1.165) is 0 Å². The molecule has 0 atom stereocenters. The molecule has 0 aromatic heterocycles. The fourth-order valence-electron chi connectivity index (χ4n) is 0.640. The second-order valence-electron chi connectivity index (χ2n) is 2.97. The third-order valence-electron chi connectivity index (χ3n) is 1.68. The van der Waals surface area contributed by atoms with Crippen molar-refractivity contribution in [2.45, 2.75) is 33.6 Å². The van der Waals surface area contributed by atoms with Crippen LogP contribution >= 0.6 is 0 Å². The first-order valence-electron chi connectivity index (χ1n) is 4.60. The van der Waals surface area contributed by atoms with Crippen LogP contribution in [0.5, 0.6) is 11.5 Å². The van der Waals surface area contributed by atoms with Crippen LogP contribution in [-0.2, 0) is 0 Å². The van der Waals surface area contributed by atoms with E-state index in [1.54, 1.807) is 6.92 Å². The van der Waals surface area contributed by atoms with Gasteiger partial charge in [-0.1, -0.05) is 26.7 Å². The highest BCUT2D eigenvalue weighted by Gasteiger charge is 1.93. The van der Waals surface area contributed by atoms with Crippen molar-refractivity contribution in [3.05, 3.63) is 23.8 Å². The molecule has 0 heterocycles. The maximum absolute atomic E-state index is 8.93. The van der Waals surface area contributed by atoms with E-state index in [2.05, 4.69) is 13.8 Å². The zero-order valence-electron chi connectivity index (χ0n) is 8.54. The Labute approximate surface area is 79.9 Å². The van der Waals surface area contributed by atoms with Gasteiger partial charge in [-0.15, -0.1) is 0 Å². The summed E-state index contributed by atoms with van der Waals surface area (Å²) in [7, 11) is 0. The molecular formula is C11H18O2. The number of unbranched alkanes of at least 4 members (excludes halogenated alkanes) is 1. The summed E-state index contributed by atoms with van der Waals surface area (Å²) >= 11 is 0. The molecular weight excluding hydrogens is 164 g/mol. The lowest BCUT2D eigenvalue weighted by molar-refractivity contribution is 0.456. The van der Waals surface area contributed by atoms with E-state index in [4.69, 9.17) is 10.2 Å². The molecule has 0 aliphatic rings. The molecule has 2 N–H and O–H groups in total. The summed E-state index contributed by atoms with van der Waals surface area (Å²) in [6, 6.07) is 4.42. The number of phenolic OH excluding ortho intramolecular Hbond substituents is 2. The number of hydrogen-bond acceptors (Lipinski definition) is 2. The Morgan fingerprint density at radius 3 is 1.92 bits per heavy atom. The predicted octanol–water partition coefficient (Wildman–Crippen LogP) is 3.21. The normalized spacial score (nSPS) is 8.85. The van der Waals surface area contributed by atoms with Gasteiger partial charge < -0.3 is 10.2 Å². The highest BCUT2D eigenvalue weighted by Crippen LogP contribution is 2.19. The van der Waals surface area contributed by atoms with Crippen molar-refractivity contribution in [1.29, 1.82) is 0 Å². The average molecular weight is 182 g/mol. The molecule has 0 saturated carbocycles. The van der Waals surface area contributed by atoms with Crippen LogP contribution in [0.2, 0.25) is 0 Å². The minimum atomic E-state index is 0.185. The lowest BCUT2D eigenvalue weighted by Crippen LogP contribution is -1.71. The van der Waals surface area contributed by atoms with Gasteiger partial charge in [-0.2, -0.15) is 0 Å². The van der Waals surface area contributed by atoms with Crippen LogP contribution < -0.4 is 0 Å². The lowest BCUT2D eigenvalue weighted by Gasteiger charge is -1.96. The summed E-state index contributed by atoms with van der Waals surface area (Å²) in [4.78, 5) is 0. The molecule has 0 radical (unpaired) electrons. The van der Waals surface area contributed by atoms with Gasteiger partial charge in [0, 0.05) is 0 Å². The third-order valence-corrected chi connectivity index (χ3v) is 1.68. The SMILES string of the molecule is CCCC.Cc1cc(O)ccc1O. The molecule has 1 rings (SSSR count). The zero-order valence-corrected chi connectivity index (χ0v) is 8.54.